The third kappa shape index (κ3) is 11.4. The zero-order valence-electron chi connectivity index (χ0n) is 35.0. The van der Waals surface area contributed by atoms with E-state index in [0.29, 0.717) is 0 Å². The highest BCUT2D eigenvalue weighted by molar-refractivity contribution is 4.99. The van der Waals surface area contributed by atoms with Crippen molar-refractivity contribution in [2.45, 2.75) is 184 Å². The molecule has 0 spiro atoms. The lowest BCUT2D eigenvalue weighted by atomic mass is 9.96. The Bertz CT molecular complexity index is 1510. The molecule has 0 aromatic heterocycles. The van der Waals surface area contributed by atoms with Crippen LogP contribution in [-0.2, 0) is 52.1 Å². The highest BCUT2D eigenvalue weighted by Gasteiger charge is 2.57. The summed E-state index contributed by atoms with van der Waals surface area (Å²) < 4.78 is 61.3. The average Bonchev–Trinajstić information content (AvgIpc) is 3.31. The van der Waals surface area contributed by atoms with Gasteiger partial charge in [-0.2, -0.15) is 0 Å². The summed E-state index contributed by atoms with van der Waals surface area (Å²) >= 11 is 0. The second-order valence-electron chi connectivity index (χ2n) is 16.8. The molecule has 30 atom stereocenters. The second kappa shape index (κ2) is 23.5. The van der Waals surface area contributed by atoms with Crippen LogP contribution in [-0.4, -0.2) is 326 Å². The predicted octanol–water partition coefficient (Wildman–Crippen LogP) is -14.1. The number of rotatable bonds is 16. The van der Waals surface area contributed by atoms with Crippen LogP contribution in [0.5, 0.6) is 0 Å². The first-order valence-corrected chi connectivity index (χ1v) is 21.1. The fourth-order valence-corrected chi connectivity index (χ4v) is 8.33. The van der Waals surface area contributed by atoms with Gasteiger partial charge in [0.25, 0.3) is 0 Å². The summed E-state index contributed by atoms with van der Waals surface area (Å²) in [7, 11) is 0. The van der Waals surface area contributed by atoms with Crippen LogP contribution in [0, 0.1) is 0 Å². The fraction of sp³-hybridized carbons (Fsp3) is 1.00. The van der Waals surface area contributed by atoms with Crippen molar-refractivity contribution < 1.29 is 154 Å². The third-order valence-corrected chi connectivity index (χ3v) is 12.4. The van der Waals surface area contributed by atoms with Crippen molar-refractivity contribution in [3.63, 3.8) is 0 Å². The lowest BCUT2D eigenvalue weighted by Gasteiger charge is -2.49. The molecule has 31 nitrogen and oxygen atoms in total. The highest BCUT2D eigenvalue weighted by atomic mass is 16.8. The Kier molecular flexibility index (Phi) is 19.4. The Morgan fingerprint density at radius 2 is 0.522 bits per heavy atom. The lowest BCUT2D eigenvalue weighted by Crippen LogP contribution is -2.67. The van der Waals surface area contributed by atoms with E-state index < -0.39 is 224 Å². The first-order chi connectivity index (χ1) is 31.7. The van der Waals surface area contributed by atoms with Crippen LogP contribution in [0.1, 0.15) is 0 Å². The zero-order chi connectivity index (χ0) is 49.3. The molecule has 0 amide bonds. The van der Waals surface area contributed by atoms with Gasteiger partial charge < -0.3 is 154 Å². The van der Waals surface area contributed by atoms with Crippen LogP contribution in [0.3, 0.4) is 0 Å². The summed E-state index contributed by atoms with van der Waals surface area (Å²) in [6.07, 6.45) is -57.8. The van der Waals surface area contributed by atoms with Crippen LogP contribution in [0.4, 0.5) is 0 Å². The summed E-state index contributed by atoms with van der Waals surface area (Å²) in [5.41, 5.74) is 0. The Labute approximate surface area is 378 Å². The van der Waals surface area contributed by atoms with E-state index in [0.717, 1.165) is 0 Å². The van der Waals surface area contributed by atoms with Gasteiger partial charge in [-0.1, -0.05) is 0 Å². The first-order valence-electron chi connectivity index (χ1n) is 21.1. The maximum atomic E-state index is 11.2. The smallest absolute Gasteiger partial charge is 0.187 e. The fourth-order valence-electron chi connectivity index (χ4n) is 8.33. The van der Waals surface area contributed by atoms with Gasteiger partial charge in [-0.05, 0) is 0 Å². The summed E-state index contributed by atoms with van der Waals surface area (Å²) in [6, 6.07) is 0. The largest absolute Gasteiger partial charge is 0.394 e. The van der Waals surface area contributed by atoms with Crippen LogP contribution in [0.25, 0.3) is 0 Å². The average molecular weight is 991 g/mol. The second-order valence-corrected chi connectivity index (χ2v) is 16.8. The standard InChI is InChI=1S/C36H62O31/c37-1-7-13(42)19(48)25(54)32(59-7)65-29-23(52)16(45)10(4-40)62-35(29)64-27-21(50)18(47)12(58-31(27)56)6-57-34-28(22(51)15(44)9(3-39)61-34)67-36-30(24(53)17(46)11(5-41)63-36)66-33-26(55)20(49)14(43)8(2-38)60-33/h7-56H,1-6H2/t7-,8-,9-,10-,11-,12-,13-,14-,15-,16-,17-,18-,19+,20+,21+,22+,23+,24+,25+,26+,27+,28+,29+,30+,31+,32-,33-,34+,35-,36-/m1/s1. The van der Waals surface area contributed by atoms with Crippen molar-refractivity contribution in [2.24, 2.45) is 0 Å². The topological polar surface area (TPSA) is 506 Å². The Balaban J connectivity index is 1.17. The van der Waals surface area contributed by atoms with E-state index >= 15 is 0 Å². The van der Waals surface area contributed by atoms with Crippen LogP contribution < -0.4 is 0 Å². The van der Waals surface area contributed by atoms with E-state index in [4.69, 9.17) is 52.1 Å². The maximum Gasteiger partial charge on any atom is 0.187 e. The van der Waals surface area contributed by atoms with Gasteiger partial charge in [0, 0.05) is 0 Å². The molecule has 0 saturated carbocycles. The van der Waals surface area contributed by atoms with Gasteiger partial charge in [0.1, 0.15) is 146 Å². The molecule has 6 aliphatic rings. The van der Waals surface area contributed by atoms with Gasteiger partial charge in [0.05, 0.1) is 39.6 Å². The summed E-state index contributed by atoms with van der Waals surface area (Å²) in [4.78, 5) is 0. The Morgan fingerprint density at radius 3 is 0.896 bits per heavy atom. The predicted molar refractivity (Wildman–Crippen MR) is 199 cm³/mol. The molecule has 31 heteroatoms. The van der Waals surface area contributed by atoms with Gasteiger partial charge in [0.15, 0.2) is 37.7 Å². The van der Waals surface area contributed by atoms with E-state index in [1.807, 2.05) is 0 Å². The summed E-state index contributed by atoms with van der Waals surface area (Å²) in [5.74, 6) is 0. The van der Waals surface area contributed by atoms with Gasteiger partial charge >= 0.3 is 0 Å². The molecule has 6 saturated heterocycles. The molecular formula is C36H62O31. The van der Waals surface area contributed by atoms with Gasteiger partial charge in [-0.25, -0.2) is 0 Å². The molecule has 0 aromatic rings. The molecule has 0 aromatic carbocycles. The Morgan fingerprint density at radius 1 is 0.254 bits per heavy atom. The molecule has 6 rings (SSSR count). The first kappa shape index (κ1) is 55.1. The van der Waals surface area contributed by atoms with E-state index in [-0.39, 0.29) is 0 Å². The van der Waals surface area contributed by atoms with Crippen molar-refractivity contribution in [3.05, 3.63) is 0 Å². The third-order valence-electron chi connectivity index (χ3n) is 12.4. The van der Waals surface area contributed by atoms with E-state index in [2.05, 4.69) is 0 Å². The molecule has 0 unspecified atom stereocenters. The minimum absolute atomic E-state index is 0.881. The van der Waals surface area contributed by atoms with Crippen molar-refractivity contribution in [1.29, 1.82) is 0 Å². The summed E-state index contributed by atoms with van der Waals surface area (Å²) in [6.45, 7) is -5.53. The van der Waals surface area contributed by atoms with E-state index in [1.54, 1.807) is 0 Å². The molecule has 20 N–H and O–H groups in total. The molecule has 6 heterocycles. The van der Waals surface area contributed by atoms with Crippen LogP contribution in [0.15, 0.2) is 0 Å². The van der Waals surface area contributed by atoms with Crippen LogP contribution in [0.2, 0.25) is 0 Å². The maximum absolute atomic E-state index is 11.2. The number of aliphatic hydroxyl groups excluding tert-OH is 20. The highest BCUT2D eigenvalue weighted by Crippen LogP contribution is 2.36. The molecule has 6 fully saturated rings. The molecule has 0 bridgehead atoms. The SMILES string of the molecule is OC[C@H]1O[C@H](O[C@@H]2[C@@H](O[C@@H]3[C@@H](OC[C@H]4O[C@H](O)[C@@H](O[C@H]5O[C@H](CO)[C@@H](O)[C@H](O)[C@@H]5O[C@H]5O[C@H](CO)[C@@H](O)[C@H](O)[C@@H]5O)[C@@H](O)[C@@H]4O)O[C@H](CO)[C@@H](O)[C@@H]3O)O[C@H](CO)[C@@H](O)[C@@H]2O)[C@@H](O)[C@@H](O)[C@@H]1O. The number of ether oxygens (including phenoxy) is 11. The number of aliphatic hydroxyl groups is 20. The molecule has 0 aliphatic carbocycles. The van der Waals surface area contributed by atoms with Gasteiger partial charge in [-0.3, -0.25) is 0 Å². The van der Waals surface area contributed by atoms with Crippen LogP contribution >= 0.6 is 0 Å². The van der Waals surface area contributed by atoms with Gasteiger partial charge in [-0.15, -0.1) is 0 Å². The molecule has 6 aliphatic heterocycles. The number of hydrogen-bond donors (Lipinski definition) is 20. The van der Waals surface area contributed by atoms with Crippen molar-refractivity contribution in [1.82, 2.24) is 0 Å². The molecular weight excluding hydrogens is 928 g/mol. The number of hydrogen-bond acceptors (Lipinski definition) is 31. The van der Waals surface area contributed by atoms with Gasteiger partial charge in [0.2, 0.25) is 0 Å². The molecule has 0 radical (unpaired) electrons. The quantitative estimate of drug-likeness (QED) is 0.0683. The van der Waals surface area contributed by atoms with E-state index in [9.17, 15) is 102 Å². The molecule has 392 valence electrons. The summed E-state index contributed by atoms with van der Waals surface area (Å²) in [5, 5.41) is 210. The normalized spacial score (nSPS) is 53.4. The van der Waals surface area contributed by atoms with Crippen molar-refractivity contribution in [2.75, 3.05) is 39.6 Å². The van der Waals surface area contributed by atoms with E-state index in [1.165, 1.54) is 0 Å². The monoisotopic (exact) mass is 990 g/mol. The zero-order valence-corrected chi connectivity index (χ0v) is 35.0. The molecule has 67 heavy (non-hydrogen) atoms. The minimum Gasteiger partial charge on any atom is -0.394 e. The van der Waals surface area contributed by atoms with Crippen molar-refractivity contribution >= 4 is 0 Å². The minimum atomic E-state index is -2.25. The van der Waals surface area contributed by atoms with Crippen molar-refractivity contribution in [3.8, 4) is 0 Å². The lowest BCUT2D eigenvalue weighted by molar-refractivity contribution is -0.399. The Hall–Kier alpha value is -1.24.